The van der Waals surface area contributed by atoms with Gasteiger partial charge in [0.25, 0.3) is 0 Å². The SMILES string of the molecule is Cc1nc2ccc(CNC(=O)C3CCC(=O)N3)cc2[nH]1. The van der Waals surface area contributed by atoms with Crippen LogP contribution in [0.4, 0.5) is 0 Å². The number of amides is 2. The molecular weight excluding hydrogens is 256 g/mol. The van der Waals surface area contributed by atoms with Crippen molar-refractivity contribution in [3.63, 3.8) is 0 Å². The third kappa shape index (κ3) is 2.49. The second kappa shape index (κ2) is 4.96. The van der Waals surface area contributed by atoms with Crippen molar-refractivity contribution in [1.82, 2.24) is 20.6 Å². The number of rotatable bonds is 3. The highest BCUT2D eigenvalue weighted by atomic mass is 16.2. The number of nitrogens with zero attached hydrogens (tertiary/aromatic N) is 1. The van der Waals surface area contributed by atoms with Gasteiger partial charge in [-0.3, -0.25) is 9.59 Å². The zero-order valence-corrected chi connectivity index (χ0v) is 11.2. The van der Waals surface area contributed by atoms with Gasteiger partial charge in [0, 0.05) is 13.0 Å². The summed E-state index contributed by atoms with van der Waals surface area (Å²) in [6.45, 7) is 2.35. The zero-order valence-electron chi connectivity index (χ0n) is 11.2. The van der Waals surface area contributed by atoms with Gasteiger partial charge in [-0.2, -0.15) is 0 Å². The van der Waals surface area contributed by atoms with Gasteiger partial charge in [-0.15, -0.1) is 0 Å². The Morgan fingerprint density at radius 2 is 2.35 bits per heavy atom. The first-order chi connectivity index (χ1) is 9.61. The number of hydrogen-bond acceptors (Lipinski definition) is 3. The van der Waals surface area contributed by atoms with E-state index in [2.05, 4.69) is 20.6 Å². The molecule has 6 nitrogen and oxygen atoms in total. The van der Waals surface area contributed by atoms with Crippen molar-refractivity contribution in [2.24, 2.45) is 0 Å². The number of imidazole rings is 1. The van der Waals surface area contributed by atoms with E-state index in [0.717, 1.165) is 22.4 Å². The van der Waals surface area contributed by atoms with E-state index in [4.69, 9.17) is 0 Å². The monoisotopic (exact) mass is 272 g/mol. The second-order valence-corrected chi connectivity index (χ2v) is 5.05. The molecule has 1 aliphatic heterocycles. The van der Waals surface area contributed by atoms with Crippen LogP contribution < -0.4 is 10.6 Å². The molecule has 6 heteroatoms. The highest BCUT2D eigenvalue weighted by Gasteiger charge is 2.26. The number of carbonyl (C=O) groups excluding carboxylic acids is 2. The van der Waals surface area contributed by atoms with E-state index in [1.807, 2.05) is 25.1 Å². The van der Waals surface area contributed by atoms with Gasteiger partial charge in [-0.05, 0) is 31.0 Å². The van der Waals surface area contributed by atoms with Crippen LogP contribution in [0.15, 0.2) is 18.2 Å². The van der Waals surface area contributed by atoms with Gasteiger partial charge in [0.2, 0.25) is 11.8 Å². The smallest absolute Gasteiger partial charge is 0.242 e. The standard InChI is InChI=1S/C14H16N4O2/c1-8-16-10-3-2-9(6-12(10)17-8)7-15-14(20)11-4-5-13(19)18-11/h2-3,6,11H,4-5,7H2,1H3,(H,15,20)(H,16,17)(H,18,19). The summed E-state index contributed by atoms with van der Waals surface area (Å²) in [6.07, 6.45) is 1.00. The van der Waals surface area contributed by atoms with E-state index in [-0.39, 0.29) is 17.9 Å². The number of aromatic nitrogens is 2. The summed E-state index contributed by atoms with van der Waals surface area (Å²) in [6, 6.07) is 5.46. The van der Waals surface area contributed by atoms with E-state index in [1.165, 1.54) is 0 Å². The molecule has 2 amide bonds. The van der Waals surface area contributed by atoms with Crippen LogP contribution in [0.5, 0.6) is 0 Å². The molecule has 1 atom stereocenters. The van der Waals surface area contributed by atoms with Gasteiger partial charge < -0.3 is 15.6 Å². The number of nitrogens with one attached hydrogen (secondary N) is 3. The van der Waals surface area contributed by atoms with E-state index in [0.29, 0.717) is 19.4 Å². The number of aryl methyl sites for hydroxylation is 1. The largest absolute Gasteiger partial charge is 0.350 e. The molecule has 20 heavy (non-hydrogen) atoms. The van der Waals surface area contributed by atoms with E-state index >= 15 is 0 Å². The van der Waals surface area contributed by atoms with Crippen LogP contribution in [-0.2, 0) is 16.1 Å². The molecular formula is C14H16N4O2. The molecule has 0 radical (unpaired) electrons. The summed E-state index contributed by atoms with van der Waals surface area (Å²) in [5.41, 5.74) is 2.88. The van der Waals surface area contributed by atoms with Crippen LogP contribution in [0.1, 0.15) is 24.2 Å². The summed E-state index contributed by atoms with van der Waals surface area (Å²) in [4.78, 5) is 30.5. The van der Waals surface area contributed by atoms with Gasteiger partial charge >= 0.3 is 0 Å². The topological polar surface area (TPSA) is 86.9 Å². The molecule has 104 valence electrons. The highest BCUT2D eigenvalue weighted by Crippen LogP contribution is 2.13. The molecule has 3 rings (SSSR count). The fourth-order valence-corrected chi connectivity index (χ4v) is 2.42. The molecule has 2 heterocycles. The van der Waals surface area contributed by atoms with Crippen LogP contribution in [0.2, 0.25) is 0 Å². The Bertz CT molecular complexity index is 677. The van der Waals surface area contributed by atoms with E-state index in [9.17, 15) is 9.59 Å². The molecule has 1 saturated heterocycles. The number of hydrogen-bond donors (Lipinski definition) is 3. The minimum absolute atomic E-state index is 0.0560. The predicted molar refractivity (Wildman–Crippen MR) is 73.8 cm³/mol. The number of aromatic amines is 1. The molecule has 1 fully saturated rings. The fourth-order valence-electron chi connectivity index (χ4n) is 2.42. The van der Waals surface area contributed by atoms with Crippen molar-refractivity contribution in [3.05, 3.63) is 29.6 Å². The number of H-pyrrole nitrogens is 1. The Morgan fingerprint density at radius 3 is 3.10 bits per heavy atom. The maximum atomic E-state index is 11.9. The first-order valence-corrected chi connectivity index (χ1v) is 6.64. The Balaban J connectivity index is 1.64. The minimum Gasteiger partial charge on any atom is -0.350 e. The zero-order chi connectivity index (χ0) is 14.1. The Hall–Kier alpha value is -2.37. The number of benzene rings is 1. The lowest BCUT2D eigenvalue weighted by Crippen LogP contribution is -2.41. The van der Waals surface area contributed by atoms with Crippen molar-refractivity contribution < 1.29 is 9.59 Å². The number of fused-ring (bicyclic) bond motifs is 1. The molecule has 1 aromatic carbocycles. The van der Waals surface area contributed by atoms with Crippen LogP contribution in [-0.4, -0.2) is 27.8 Å². The van der Waals surface area contributed by atoms with Gasteiger partial charge in [-0.25, -0.2) is 4.98 Å². The van der Waals surface area contributed by atoms with Crippen molar-refractivity contribution >= 4 is 22.8 Å². The molecule has 0 saturated carbocycles. The lowest BCUT2D eigenvalue weighted by atomic mass is 10.2. The normalized spacial score (nSPS) is 18.2. The van der Waals surface area contributed by atoms with Gasteiger partial charge in [0.1, 0.15) is 11.9 Å². The lowest BCUT2D eigenvalue weighted by Gasteiger charge is -2.10. The van der Waals surface area contributed by atoms with Gasteiger partial charge in [-0.1, -0.05) is 6.07 Å². The Kier molecular flexibility index (Phi) is 3.14. The summed E-state index contributed by atoms with van der Waals surface area (Å²) >= 11 is 0. The number of carbonyl (C=O) groups is 2. The third-order valence-corrected chi connectivity index (χ3v) is 3.44. The van der Waals surface area contributed by atoms with E-state index < -0.39 is 0 Å². The third-order valence-electron chi connectivity index (χ3n) is 3.44. The molecule has 1 unspecified atom stereocenters. The minimum atomic E-state index is -0.388. The molecule has 0 aliphatic carbocycles. The maximum absolute atomic E-state index is 11.9. The first-order valence-electron chi connectivity index (χ1n) is 6.64. The summed E-state index contributed by atoms with van der Waals surface area (Å²) in [7, 11) is 0. The fraction of sp³-hybridized carbons (Fsp3) is 0.357. The van der Waals surface area contributed by atoms with Crippen LogP contribution in [0, 0.1) is 6.92 Å². The van der Waals surface area contributed by atoms with E-state index in [1.54, 1.807) is 0 Å². The van der Waals surface area contributed by atoms with Crippen LogP contribution >= 0.6 is 0 Å². The average molecular weight is 272 g/mol. The average Bonchev–Trinajstić information content (AvgIpc) is 3.00. The molecule has 1 aliphatic rings. The first kappa shape index (κ1) is 12.7. The van der Waals surface area contributed by atoms with Crippen molar-refractivity contribution in [2.45, 2.75) is 32.4 Å². The summed E-state index contributed by atoms with van der Waals surface area (Å²) < 4.78 is 0. The lowest BCUT2D eigenvalue weighted by molar-refractivity contribution is -0.125. The second-order valence-electron chi connectivity index (χ2n) is 5.05. The molecule has 3 N–H and O–H groups in total. The Labute approximate surface area is 116 Å². The molecule has 1 aromatic heterocycles. The summed E-state index contributed by atoms with van der Waals surface area (Å²) in [5, 5.41) is 5.50. The maximum Gasteiger partial charge on any atom is 0.242 e. The van der Waals surface area contributed by atoms with Crippen LogP contribution in [0.3, 0.4) is 0 Å². The van der Waals surface area contributed by atoms with Crippen molar-refractivity contribution in [2.75, 3.05) is 0 Å². The molecule has 0 spiro atoms. The molecule has 2 aromatic rings. The van der Waals surface area contributed by atoms with Crippen molar-refractivity contribution in [3.8, 4) is 0 Å². The molecule has 0 bridgehead atoms. The quantitative estimate of drug-likeness (QED) is 0.771. The van der Waals surface area contributed by atoms with Crippen LogP contribution in [0.25, 0.3) is 11.0 Å². The Morgan fingerprint density at radius 1 is 1.50 bits per heavy atom. The highest BCUT2D eigenvalue weighted by molar-refractivity contribution is 5.90. The van der Waals surface area contributed by atoms with Crippen molar-refractivity contribution in [1.29, 1.82) is 0 Å². The summed E-state index contributed by atoms with van der Waals surface area (Å²) in [5.74, 6) is 0.686. The van der Waals surface area contributed by atoms with Gasteiger partial charge in [0.05, 0.1) is 11.0 Å². The van der Waals surface area contributed by atoms with Gasteiger partial charge in [0.15, 0.2) is 0 Å². The predicted octanol–water partition coefficient (Wildman–Crippen LogP) is 0.766.